The van der Waals surface area contributed by atoms with Crippen LogP contribution in [0.2, 0.25) is 0 Å². The van der Waals surface area contributed by atoms with Crippen molar-refractivity contribution in [2.75, 3.05) is 13.6 Å². The van der Waals surface area contributed by atoms with E-state index in [2.05, 4.69) is 20.0 Å². The molecule has 5 nitrogen and oxygen atoms in total. The van der Waals surface area contributed by atoms with E-state index in [1.807, 2.05) is 7.05 Å². The van der Waals surface area contributed by atoms with Crippen LogP contribution in [0.4, 0.5) is 8.78 Å². The number of aromatic amines is 1. The molecule has 3 aromatic heterocycles. The van der Waals surface area contributed by atoms with Crippen molar-refractivity contribution in [3.8, 4) is 0 Å². The van der Waals surface area contributed by atoms with Gasteiger partial charge in [0.1, 0.15) is 0 Å². The molecule has 0 fully saturated rings. The summed E-state index contributed by atoms with van der Waals surface area (Å²) < 4.78 is 27.8. The van der Waals surface area contributed by atoms with E-state index < -0.39 is 6.43 Å². The number of H-pyrrole nitrogens is 1. The zero-order valence-corrected chi connectivity index (χ0v) is 12.0. The number of hydrogen-bond donors (Lipinski definition) is 1. The molecule has 1 aliphatic heterocycles. The van der Waals surface area contributed by atoms with E-state index in [4.69, 9.17) is 0 Å². The fourth-order valence-electron chi connectivity index (χ4n) is 3.15. The Morgan fingerprint density at radius 3 is 3.09 bits per heavy atom. The number of nitrogens with one attached hydrogen (secondary N) is 1. The largest absolute Gasteiger partial charge is 0.347 e. The van der Waals surface area contributed by atoms with Gasteiger partial charge in [0, 0.05) is 24.7 Å². The van der Waals surface area contributed by atoms with Gasteiger partial charge < -0.3 is 4.98 Å². The van der Waals surface area contributed by atoms with Gasteiger partial charge in [-0.05, 0) is 25.2 Å². The SMILES string of the molecule is CN1CCc2nc[nH]c2[C@H]1c1cc2c(C(F)F)cccn2n1. The highest BCUT2D eigenvalue weighted by Crippen LogP contribution is 2.33. The van der Waals surface area contributed by atoms with Gasteiger partial charge in [0.15, 0.2) is 0 Å². The Balaban J connectivity index is 1.87. The van der Waals surface area contributed by atoms with Crippen LogP contribution >= 0.6 is 0 Å². The molecular formula is C15H15F2N5. The van der Waals surface area contributed by atoms with Gasteiger partial charge in [0.2, 0.25) is 0 Å². The number of hydrogen-bond acceptors (Lipinski definition) is 3. The third-order valence-corrected chi connectivity index (χ3v) is 4.24. The maximum Gasteiger partial charge on any atom is 0.265 e. The summed E-state index contributed by atoms with van der Waals surface area (Å²) >= 11 is 0. The van der Waals surface area contributed by atoms with Gasteiger partial charge in [0.25, 0.3) is 6.43 Å². The molecule has 0 amide bonds. The van der Waals surface area contributed by atoms with E-state index in [0.29, 0.717) is 5.52 Å². The molecule has 0 unspecified atom stereocenters. The van der Waals surface area contributed by atoms with Gasteiger partial charge in [0.05, 0.1) is 35.0 Å². The lowest BCUT2D eigenvalue weighted by Crippen LogP contribution is -2.33. The van der Waals surface area contributed by atoms with Gasteiger partial charge in [-0.3, -0.25) is 4.90 Å². The Morgan fingerprint density at radius 2 is 2.27 bits per heavy atom. The third kappa shape index (κ3) is 1.93. The molecule has 1 N–H and O–H groups in total. The predicted octanol–water partition coefficient (Wildman–Crippen LogP) is 2.57. The van der Waals surface area contributed by atoms with Crippen molar-refractivity contribution in [3.63, 3.8) is 0 Å². The summed E-state index contributed by atoms with van der Waals surface area (Å²) in [4.78, 5) is 9.66. The normalized spacial score (nSPS) is 19.0. The van der Waals surface area contributed by atoms with E-state index in [1.165, 1.54) is 10.6 Å². The Labute approximate surface area is 125 Å². The quantitative estimate of drug-likeness (QED) is 0.791. The Hall–Kier alpha value is -2.28. The lowest BCUT2D eigenvalue weighted by molar-refractivity contribution is 0.152. The number of rotatable bonds is 2. The van der Waals surface area contributed by atoms with Crippen LogP contribution in [0.25, 0.3) is 5.52 Å². The van der Waals surface area contributed by atoms with E-state index >= 15 is 0 Å². The second-order valence-electron chi connectivity index (χ2n) is 5.56. The molecule has 0 radical (unpaired) electrons. The number of aromatic nitrogens is 4. The number of halogens is 2. The second kappa shape index (κ2) is 4.88. The molecule has 1 atom stereocenters. The molecule has 0 bridgehead atoms. The van der Waals surface area contributed by atoms with Crippen molar-refractivity contribution in [3.05, 3.63) is 53.4 Å². The molecular weight excluding hydrogens is 288 g/mol. The molecule has 0 saturated carbocycles. The molecule has 114 valence electrons. The molecule has 0 aromatic carbocycles. The molecule has 1 aliphatic rings. The van der Waals surface area contributed by atoms with Crippen LogP contribution in [0, 0.1) is 0 Å². The van der Waals surface area contributed by atoms with Crippen LogP contribution in [0.5, 0.6) is 0 Å². The average Bonchev–Trinajstić information content (AvgIpc) is 3.11. The number of fused-ring (bicyclic) bond motifs is 2. The topological polar surface area (TPSA) is 49.2 Å². The summed E-state index contributed by atoms with van der Waals surface area (Å²) in [6.07, 6.45) is 1.74. The predicted molar refractivity (Wildman–Crippen MR) is 76.9 cm³/mol. The Bertz CT molecular complexity index is 822. The van der Waals surface area contributed by atoms with Crippen molar-refractivity contribution in [1.82, 2.24) is 24.5 Å². The van der Waals surface area contributed by atoms with E-state index in [1.54, 1.807) is 24.7 Å². The van der Waals surface area contributed by atoms with E-state index in [9.17, 15) is 8.78 Å². The highest BCUT2D eigenvalue weighted by Gasteiger charge is 2.30. The first-order valence-corrected chi connectivity index (χ1v) is 7.14. The standard InChI is InChI=1S/C15H15F2N5/c1-21-6-4-10-13(19-8-18-10)14(21)11-7-12-9(15(16)17)3-2-5-22(12)20-11/h2-3,5,7-8,14-15H,4,6H2,1H3,(H,18,19)/t14-/m1/s1. The minimum atomic E-state index is -2.51. The van der Waals surface area contributed by atoms with E-state index in [0.717, 1.165) is 30.0 Å². The van der Waals surface area contributed by atoms with Crippen LogP contribution in [-0.2, 0) is 6.42 Å². The molecule has 0 saturated heterocycles. The molecule has 4 heterocycles. The first-order chi connectivity index (χ1) is 10.6. The van der Waals surface area contributed by atoms with Crippen molar-refractivity contribution in [2.24, 2.45) is 0 Å². The van der Waals surface area contributed by atoms with Gasteiger partial charge in [-0.1, -0.05) is 0 Å². The molecule has 3 aromatic rings. The van der Waals surface area contributed by atoms with Crippen molar-refractivity contribution >= 4 is 5.52 Å². The number of imidazole rings is 1. The van der Waals surface area contributed by atoms with Crippen LogP contribution in [0.15, 0.2) is 30.7 Å². The first kappa shape index (κ1) is 13.4. The first-order valence-electron chi connectivity index (χ1n) is 7.14. The summed E-state index contributed by atoms with van der Waals surface area (Å²) in [6.45, 7) is 0.859. The third-order valence-electron chi connectivity index (χ3n) is 4.24. The number of nitrogens with zero attached hydrogens (tertiary/aromatic N) is 4. The zero-order chi connectivity index (χ0) is 15.3. The molecule has 7 heteroatoms. The smallest absolute Gasteiger partial charge is 0.265 e. The van der Waals surface area contributed by atoms with Gasteiger partial charge >= 0.3 is 0 Å². The Morgan fingerprint density at radius 1 is 1.41 bits per heavy atom. The number of pyridine rings is 1. The molecule has 22 heavy (non-hydrogen) atoms. The molecule has 4 rings (SSSR count). The van der Waals surface area contributed by atoms with Crippen molar-refractivity contribution in [2.45, 2.75) is 18.9 Å². The number of likely N-dealkylation sites (N-methyl/N-ethyl adjacent to an activating group) is 1. The zero-order valence-electron chi connectivity index (χ0n) is 12.0. The summed E-state index contributed by atoms with van der Waals surface area (Å²) in [5.41, 5.74) is 3.22. The van der Waals surface area contributed by atoms with Gasteiger partial charge in [-0.25, -0.2) is 18.3 Å². The summed E-state index contributed by atoms with van der Waals surface area (Å²) in [7, 11) is 2.01. The monoisotopic (exact) mass is 303 g/mol. The fraction of sp³-hybridized carbons (Fsp3) is 0.333. The van der Waals surface area contributed by atoms with Crippen LogP contribution in [-0.4, -0.2) is 38.1 Å². The molecule has 0 spiro atoms. The Kier molecular flexibility index (Phi) is 2.97. The fourth-order valence-corrected chi connectivity index (χ4v) is 3.15. The maximum absolute atomic E-state index is 13.1. The van der Waals surface area contributed by atoms with Crippen LogP contribution in [0.1, 0.15) is 35.1 Å². The minimum Gasteiger partial charge on any atom is -0.347 e. The van der Waals surface area contributed by atoms with Gasteiger partial charge in [-0.15, -0.1) is 0 Å². The van der Waals surface area contributed by atoms with Gasteiger partial charge in [-0.2, -0.15) is 5.10 Å². The second-order valence-corrected chi connectivity index (χ2v) is 5.56. The summed E-state index contributed by atoms with van der Waals surface area (Å²) in [5.74, 6) is 0. The lowest BCUT2D eigenvalue weighted by atomic mass is 10.0. The number of alkyl halides is 2. The maximum atomic E-state index is 13.1. The minimum absolute atomic E-state index is 0.00421. The van der Waals surface area contributed by atoms with E-state index in [-0.39, 0.29) is 11.6 Å². The van der Waals surface area contributed by atoms with Crippen LogP contribution in [0.3, 0.4) is 0 Å². The lowest BCUT2D eigenvalue weighted by Gasteiger charge is -2.30. The van der Waals surface area contributed by atoms with Crippen LogP contribution < -0.4 is 0 Å². The summed E-state index contributed by atoms with van der Waals surface area (Å²) in [5, 5.41) is 4.50. The van der Waals surface area contributed by atoms with Crippen molar-refractivity contribution < 1.29 is 8.78 Å². The highest BCUT2D eigenvalue weighted by atomic mass is 19.3. The summed E-state index contributed by atoms with van der Waals surface area (Å²) in [6, 6.07) is 4.70. The highest BCUT2D eigenvalue weighted by molar-refractivity contribution is 5.56. The average molecular weight is 303 g/mol. The van der Waals surface area contributed by atoms with Crippen molar-refractivity contribution in [1.29, 1.82) is 0 Å². The molecule has 0 aliphatic carbocycles.